The summed E-state index contributed by atoms with van der Waals surface area (Å²) in [5.41, 5.74) is -1.64. The molecule has 2 heterocycles. The summed E-state index contributed by atoms with van der Waals surface area (Å²) in [6.07, 6.45) is 2.60. The van der Waals surface area contributed by atoms with E-state index in [0.717, 1.165) is 0 Å². The SMILES string of the molecule is O=C(O)c1c(O)c2nccnc2[nH]c1=O. The van der Waals surface area contributed by atoms with Crippen molar-refractivity contribution in [2.24, 2.45) is 0 Å². The third-order valence-electron chi connectivity index (χ3n) is 1.83. The van der Waals surface area contributed by atoms with Crippen LogP contribution in [0.1, 0.15) is 10.4 Å². The Balaban J connectivity index is 2.97. The van der Waals surface area contributed by atoms with Crippen molar-refractivity contribution in [2.45, 2.75) is 0 Å². The summed E-state index contributed by atoms with van der Waals surface area (Å²) >= 11 is 0. The minimum Gasteiger partial charge on any atom is -0.505 e. The van der Waals surface area contributed by atoms with Crippen molar-refractivity contribution in [1.82, 2.24) is 15.0 Å². The molecular weight excluding hydrogens is 202 g/mol. The second-order valence-corrected chi connectivity index (χ2v) is 2.74. The van der Waals surface area contributed by atoms with E-state index in [2.05, 4.69) is 15.0 Å². The van der Waals surface area contributed by atoms with E-state index in [1.165, 1.54) is 12.4 Å². The number of rotatable bonds is 1. The molecule has 0 aliphatic rings. The Hall–Kier alpha value is -2.44. The zero-order chi connectivity index (χ0) is 11.0. The Morgan fingerprint density at radius 3 is 2.67 bits per heavy atom. The quantitative estimate of drug-likeness (QED) is 0.592. The summed E-state index contributed by atoms with van der Waals surface area (Å²) in [6.45, 7) is 0. The third kappa shape index (κ3) is 1.30. The largest absolute Gasteiger partial charge is 0.505 e. The van der Waals surface area contributed by atoms with E-state index in [-0.39, 0.29) is 11.2 Å². The average molecular weight is 207 g/mol. The summed E-state index contributed by atoms with van der Waals surface area (Å²) in [4.78, 5) is 31.6. The lowest BCUT2D eigenvalue weighted by Crippen LogP contribution is -2.18. The van der Waals surface area contributed by atoms with Crippen molar-refractivity contribution in [1.29, 1.82) is 0 Å². The van der Waals surface area contributed by atoms with Crippen LogP contribution in [-0.2, 0) is 0 Å². The highest BCUT2D eigenvalue weighted by molar-refractivity contribution is 5.95. The number of nitrogens with one attached hydrogen (secondary N) is 1. The van der Waals surface area contributed by atoms with Gasteiger partial charge in [0, 0.05) is 12.4 Å². The number of H-pyrrole nitrogens is 1. The first kappa shape index (κ1) is 9.13. The van der Waals surface area contributed by atoms with Crippen molar-refractivity contribution >= 4 is 17.1 Å². The van der Waals surface area contributed by atoms with E-state index < -0.39 is 22.8 Å². The minimum atomic E-state index is -1.51. The van der Waals surface area contributed by atoms with Crippen LogP contribution in [0.5, 0.6) is 5.75 Å². The number of carbonyl (C=O) groups is 1. The number of fused-ring (bicyclic) bond motifs is 1. The number of nitrogens with zero attached hydrogens (tertiary/aromatic N) is 2. The van der Waals surface area contributed by atoms with Crippen molar-refractivity contribution in [3.8, 4) is 5.75 Å². The maximum atomic E-state index is 11.2. The fraction of sp³-hybridized carbons (Fsp3) is 0. The molecule has 0 saturated heterocycles. The van der Waals surface area contributed by atoms with E-state index in [4.69, 9.17) is 5.11 Å². The van der Waals surface area contributed by atoms with Gasteiger partial charge in [0.2, 0.25) is 0 Å². The molecule has 76 valence electrons. The van der Waals surface area contributed by atoms with Gasteiger partial charge in [-0.3, -0.25) is 4.79 Å². The summed E-state index contributed by atoms with van der Waals surface area (Å²) < 4.78 is 0. The highest BCUT2D eigenvalue weighted by atomic mass is 16.4. The maximum absolute atomic E-state index is 11.2. The lowest BCUT2D eigenvalue weighted by atomic mass is 10.2. The van der Waals surface area contributed by atoms with Gasteiger partial charge in [-0.25, -0.2) is 14.8 Å². The number of pyridine rings is 1. The topological polar surface area (TPSA) is 116 Å². The molecule has 0 aliphatic carbocycles. The van der Waals surface area contributed by atoms with E-state index in [1.807, 2.05) is 0 Å². The number of hydrogen-bond donors (Lipinski definition) is 3. The first-order valence-corrected chi connectivity index (χ1v) is 3.90. The molecule has 3 N–H and O–H groups in total. The van der Waals surface area contributed by atoms with Crippen molar-refractivity contribution in [2.75, 3.05) is 0 Å². The predicted octanol–water partition coefficient (Wildman–Crippen LogP) is -0.278. The number of aromatic nitrogens is 3. The Kier molecular flexibility index (Phi) is 1.86. The minimum absolute atomic E-state index is 0.0463. The van der Waals surface area contributed by atoms with E-state index in [1.54, 1.807) is 0 Å². The summed E-state index contributed by atoms with van der Waals surface area (Å²) in [5, 5.41) is 18.2. The molecule has 15 heavy (non-hydrogen) atoms. The molecule has 0 aliphatic heterocycles. The van der Waals surface area contributed by atoms with Gasteiger partial charge >= 0.3 is 5.97 Å². The lowest BCUT2D eigenvalue weighted by Gasteiger charge is -2.01. The van der Waals surface area contributed by atoms with E-state index in [0.29, 0.717) is 0 Å². The number of aromatic carboxylic acids is 1. The van der Waals surface area contributed by atoms with Gasteiger partial charge < -0.3 is 15.2 Å². The van der Waals surface area contributed by atoms with Gasteiger partial charge in [-0.05, 0) is 0 Å². The predicted molar refractivity (Wildman–Crippen MR) is 48.8 cm³/mol. The number of carboxylic acids is 1. The molecule has 0 atom stereocenters. The van der Waals surface area contributed by atoms with Gasteiger partial charge in [-0.2, -0.15) is 0 Å². The lowest BCUT2D eigenvalue weighted by molar-refractivity contribution is 0.0692. The first-order chi connectivity index (χ1) is 7.11. The Morgan fingerprint density at radius 2 is 2.00 bits per heavy atom. The zero-order valence-corrected chi connectivity index (χ0v) is 7.26. The second kappa shape index (κ2) is 3.05. The molecule has 0 radical (unpaired) electrons. The highest BCUT2D eigenvalue weighted by Gasteiger charge is 2.18. The van der Waals surface area contributed by atoms with Crippen LogP contribution in [0.4, 0.5) is 0 Å². The Bertz CT molecular complexity index is 604. The molecule has 2 aromatic rings. The molecule has 7 nitrogen and oxygen atoms in total. The molecule has 0 fully saturated rings. The zero-order valence-electron chi connectivity index (χ0n) is 7.26. The molecule has 0 aromatic carbocycles. The Labute approximate surface area is 82.0 Å². The number of hydrogen-bond acceptors (Lipinski definition) is 5. The standard InChI is InChI=1S/C8H5N3O4/c12-5-3(8(14)15)7(13)11-6-4(5)9-1-2-10-6/h1-2H,(H,14,15)(H2,10,11,12,13). The smallest absolute Gasteiger partial charge is 0.345 e. The van der Waals surface area contributed by atoms with Crippen LogP contribution in [0.15, 0.2) is 17.2 Å². The number of carboxylic acid groups (broad SMARTS) is 1. The third-order valence-corrected chi connectivity index (χ3v) is 1.83. The molecule has 7 heteroatoms. The normalized spacial score (nSPS) is 10.4. The van der Waals surface area contributed by atoms with E-state index in [9.17, 15) is 14.7 Å². The Morgan fingerprint density at radius 1 is 1.33 bits per heavy atom. The van der Waals surface area contributed by atoms with Gasteiger partial charge in [0.25, 0.3) is 5.56 Å². The summed E-state index contributed by atoms with van der Waals surface area (Å²) in [6, 6.07) is 0. The molecule has 0 unspecified atom stereocenters. The van der Waals surface area contributed by atoms with Gasteiger partial charge in [-0.1, -0.05) is 0 Å². The van der Waals surface area contributed by atoms with E-state index >= 15 is 0 Å². The molecule has 0 amide bonds. The van der Waals surface area contributed by atoms with Crippen LogP contribution >= 0.6 is 0 Å². The van der Waals surface area contributed by atoms with Gasteiger partial charge in [-0.15, -0.1) is 0 Å². The summed E-state index contributed by atoms with van der Waals surface area (Å²) in [5.74, 6) is -2.18. The first-order valence-electron chi connectivity index (χ1n) is 3.90. The fourth-order valence-corrected chi connectivity index (χ4v) is 1.20. The van der Waals surface area contributed by atoms with Crippen molar-refractivity contribution in [3.05, 3.63) is 28.3 Å². The van der Waals surface area contributed by atoms with Crippen LogP contribution in [-0.4, -0.2) is 31.1 Å². The van der Waals surface area contributed by atoms with Crippen LogP contribution in [0.25, 0.3) is 11.2 Å². The van der Waals surface area contributed by atoms with Crippen molar-refractivity contribution in [3.63, 3.8) is 0 Å². The van der Waals surface area contributed by atoms with Crippen LogP contribution in [0.2, 0.25) is 0 Å². The number of aromatic hydroxyl groups is 1. The molecule has 2 rings (SSSR count). The average Bonchev–Trinajstić information content (AvgIpc) is 2.17. The fourth-order valence-electron chi connectivity index (χ4n) is 1.20. The molecule has 2 aromatic heterocycles. The monoisotopic (exact) mass is 207 g/mol. The maximum Gasteiger partial charge on any atom is 0.345 e. The molecule has 0 bridgehead atoms. The highest BCUT2D eigenvalue weighted by Crippen LogP contribution is 2.20. The summed E-state index contributed by atoms with van der Waals surface area (Å²) in [7, 11) is 0. The van der Waals surface area contributed by atoms with Crippen LogP contribution in [0, 0.1) is 0 Å². The van der Waals surface area contributed by atoms with Crippen LogP contribution in [0.3, 0.4) is 0 Å². The van der Waals surface area contributed by atoms with Crippen LogP contribution < -0.4 is 5.56 Å². The van der Waals surface area contributed by atoms with Gasteiger partial charge in [0.15, 0.2) is 17.0 Å². The molecular formula is C8H5N3O4. The van der Waals surface area contributed by atoms with Gasteiger partial charge in [0.05, 0.1) is 0 Å². The second-order valence-electron chi connectivity index (χ2n) is 2.74. The molecule has 0 saturated carbocycles. The molecule has 0 spiro atoms. The number of aromatic amines is 1. The van der Waals surface area contributed by atoms with Gasteiger partial charge in [0.1, 0.15) is 5.52 Å². The van der Waals surface area contributed by atoms with Crippen molar-refractivity contribution < 1.29 is 15.0 Å².